The van der Waals surface area contributed by atoms with Crippen LogP contribution in [0.5, 0.6) is 23.0 Å². The summed E-state index contributed by atoms with van der Waals surface area (Å²) >= 11 is 0. The number of rotatable bonds is 20. The molecule has 0 fully saturated rings. The highest BCUT2D eigenvalue weighted by Gasteiger charge is 2.02. The Kier molecular flexibility index (Phi) is 14.8. The number of unbranched alkanes of at least 4 members (excludes halogenated alkanes) is 10. The first-order chi connectivity index (χ1) is 16.3. The van der Waals surface area contributed by atoms with E-state index in [4.69, 9.17) is 18.8 Å². The van der Waals surface area contributed by atoms with Gasteiger partial charge in [-0.25, -0.2) is 0 Å². The zero-order valence-corrected chi connectivity index (χ0v) is 20.9. The Labute approximate surface area is 202 Å². The van der Waals surface area contributed by atoms with Gasteiger partial charge in [-0.1, -0.05) is 78.1 Å². The fraction of sp³-hybridized carbons (Fsp3) is 0.571. The SMILES string of the molecule is CCCCCCCCOc1ccc(OBOc2ccc(OCCCCCCCC)cc2)cc1. The second kappa shape index (κ2) is 18.2. The van der Waals surface area contributed by atoms with Crippen LogP contribution in [0.4, 0.5) is 0 Å². The van der Waals surface area contributed by atoms with E-state index in [2.05, 4.69) is 13.8 Å². The van der Waals surface area contributed by atoms with Crippen LogP contribution in [-0.2, 0) is 0 Å². The molecular weight excluding hydrogens is 411 g/mol. The van der Waals surface area contributed by atoms with Gasteiger partial charge in [0.05, 0.1) is 13.2 Å². The summed E-state index contributed by atoms with van der Waals surface area (Å²) in [6.45, 7) is 6.03. The van der Waals surface area contributed by atoms with Crippen LogP contribution in [0.1, 0.15) is 90.9 Å². The monoisotopic (exact) mass is 454 g/mol. The van der Waals surface area contributed by atoms with Crippen molar-refractivity contribution in [3.63, 3.8) is 0 Å². The van der Waals surface area contributed by atoms with Crippen molar-refractivity contribution >= 4 is 7.69 Å². The Morgan fingerprint density at radius 1 is 0.455 bits per heavy atom. The van der Waals surface area contributed by atoms with Gasteiger partial charge in [0.15, 0.2) is 0 Å². The molecule has 2 rings (SSSR count). The number of hydrogen-bond donors (Lipinski definition) is 0. The van der Waals surface area contributed by atoms with E-state index in [1.165, 1.54) is 64.2 Å². The maximum absolute atomic E-state index is 5.81. The second-order valence-corrected chi connectivity index (χ2v) is 8.58. The van der Waals surface area contributed by atoms with Crippen molar-refractivity contribution in [3.05, 3.63) is 48.5 Å². The Hall–Kier alpha value is -2.30. The van der Waals surface area contributed by atoms with Crippen LogP contribution >= 0.6 is 0 Å². The minimum Gasteiger partial charge on any atom is -0.529 e. The Balaban J connectivity index is 1.54. The number of benzene rings is 2. The first-order valence-electron chi connectivity index (χ1n) is 13.0. The summed E-state index contributed by atoms with van der Waals surface area (Å²) in [4.78, 5) is 0. The van der Waals surface area contributed by atoms with Crippen LogP contribution in [0, 0.1) is 0 Å². The normalized spacial score (nSPS) is 10.6. The minimum absolute atomic E-state index is 0.163. The molecule has 0 aliphatic carbocycles. The molecule has 33 heavy (non-hydrogen) atoms. The van der Waals surface area contributed by atoms with E-state index >= 15 is 0 Å². The van der Waals surface area contributed by atoms with E-state index in [-0.39, 0.29) is 7.69 Å². The summed E-state index contributed by atoms with van der Waals surface area (Å²) in [6, 6.07) is 15.5. The molecular formula is C28H43BO4. The standard InChI is InChI=1S/C28H43BO4/c1-3-5-7-9-11-13-23-30-25-15-19-27(20-16-25)32-29-33-28-21-17-26(18-22-28)31-24-14-12-10-8-6-4-2/h15-22,29H,3-14,23-24H2,1-2H3. The van der Waals surface area contributed by atoms with Gasteiger partial charge in [0.2, 0.25) is 0 Å². The molecule has 0 aromatic heterocycles. The molecule has 0 atom stereocenters. The molecule has 0 aliphatic rings. The van der Waals surface area contributed by atoms with Crippen molar-refractivity contribution in [1.29, 1.82) is 0 Å². The quantitative estimate of drug-likeness (QED) is 0.151. The van der Waals surface area contributed by atoms with Crippen molar-refractivity contribution < 1.29 is 18.8 Å². The maximum Gasteiger partial charge on any atom is 0.576 e. The molecule has 5 heteroatoms. The van der Waals surface area contributed by atoms with Crippen molar-refractivity contribution in [3.8, 4) is 23.0 Å². The summed E-state index contributed by atoms with van der Waals surface area (Å²) in [5, 5.41) is 0. The highest BCUT2D eigenvalue weighted by atomic mass is 16.6. The van der Waals surface area contributed by atoms with Gasteiger partial charge in [-0.15, -0.1) is 0 Å². The average Bonchev–Trinajstić information content (AvgIpc) is 2.85. The van der Waals surface area contributed by atoms with Gasteiger partial charge in [-0.3, -0.25) is 0 Å². The lowest BCUT2D eigenvalue weighted by Gasteiger charge is -2.10. The van der Waals surface area contributed by atoms with Gasteiger partial charge in [-0.05, 0) is 61.4 Å². The third kappa shape index (κ3) is 13.1. The van der Waals surface area contributed by atoms with Crippen LogP contribution in [-0.4, -0.2) is 20.9 Å². The highest BCUT2D eigenvalue weighted by molar-refractivity contribution is 6.20. The molecule has 4 nitrogen and oxygen atoms in total. The van der Waals surface area contributed by atoms with Gasteiger partial charge in [0.25, 0.3) is 0 Å². The van der Waals surface area contributed by atoms with Gasteiger partial charge >= 0.3 is 7.69 Å². The van der Waals surface area contributed by atoms with Gasteiger partial charge < -0.3 is 18.8 Å². The van der Waals surface area contributed by atoms with Crippen molar-refractivity contribution in [2.75, 3.05) is 13.2 Å². The van der Waals surface area contributed by atoms with E-state index in [0.29, 0.717) is 0 Å². The third-order valence-electron chi connectivity index (χ3n) is 5.63. The Bertz CT molecular complexity index is 641. The molecule has 0 N–H and O–H groups in total. The van der Waals surface area contributed by atoms with Gasteiger partial charge in [0.1, 0.15) is 23.0 Å². The van der Waals surface area contributed by atoms with Gasteiger partial charge in [-0.2, -0.15) is 0 Å². The van der Waals surface area contributed by atoms with E-state index in [1.807, 2.05) is 48.5 Å². The predicted molar refractivity (Wildman–Crippen MR) is 139 cm³/mol. The molecule has 0 saturated heterocycles. The van der Waals surface area contributed by atoms with Gasteiger partial charge in [0, 0.05) is 0 Å². The molecule has 2 aromatic carbocycles. The maximum atomic E-state index is 5.81. The first kappa shape index (κ1) is 27.0. The zero-order chi connectivity index (χ0) is 23.4. The summed E-state index contributed by atoms with van der Waals surface area (Å²) in [6.07, 6.45) is 15.2. The van der Waals surface area contributed by atoms with Crippen LogP contribution in [0.2, 0.25) is 0 Å². The van der Waals surface area contributed by atoms with Crippen LogP contribution in [0.25, 0.3) is 0 Å². The molecule has 0 aliphatic heterocycles. The average molecular weight is 454 g/mol. The number of ether oxygens (including phenoxy) is 2. The molecule has 0 radical (unpaired) electrons. The van der Waals surface area contributed by atoms with E-state index in [9.17, 15) is 0 Å². The Morgan fingerprint density at radius 2 is 0.788 bits per heavy atom. The van der Waals surface area contributed by atoms with Crippen molar-refractivity contribution in [2.24, 2.45) is 0 Å². The minimum atomic E-state index is 0.163. The summed E-state index contributed by atoms with van der Waals surface area (Å²) in [5.41, 5.74) is 0. The lowest BCUT2D eigenvalue weighted by molar-refractivity contribution is 0.304. The van der Waals surface area contributed by atoms with Crippen LogP contribution < -0.4 is 18.8 Å². The lowest BCUT2D eigenvalue weighted by Crippen LogP contribution is -2.10. The first-order valence-corrected chi connectivity index (χ1v) is 13.0. The molecule has 0 amide bonds. The molecule has 0 saturated carbocycles. The fourth-order valence-corrected chi connectivity index (χ4v) is 3.57. The third-order valence-corrected chi connectivity index (χ3v) is 5.63. The highest BCUT2D eigenvalue weighted by Crippen LogP contribution is 2.20. The second-order valence-electron chi connectivity index (χ2n) is 8.58. The van der Waals surface area contributed by atoms with Crippen LogP contribution in [0.15, 0.2) is 48.5 Å². The fourth-order valence-electron chi connectivity index (χ4n) is 3.57. The summed E-state index contributed by atoms with van der Waals surface area (Å²) in [7, 11) is 0.163. The van der Waals surface area contributed by atoms with Crippen molar-refractivity contribution in [1.82, 2.24) is 0 Å². The molecule has 2 aromatic rings. The largest absolute Gasteiger partial charge is 0.576 e. The molecule has 182 valence electrons. The van der Waals surface area contributed by atoms with Crippen LogP contribution in [0.3, 0.4) is 0 Å². The summed E-state index contributed by atoms with van der Waals surface area (Å²) in [5.74, 6) is 3.29. The smallest absolute Gasteiger partial charge is 0.529 e. The van der Waals surface area contributed by atoms with Crippen molar-refractivity contribution in [2.45, 2.75) is 90.9 Å². The van der Waals surface area contributed by atoms with E-state index in [0.717, 1.165) is 49.1 Å². The number of hydrogen-bond acceptors (Lipinski definition) is 4. The Morgan fingerprint density at radius 3 is 1.18 bits per heavy atom. The molecule has 0 unspecified atom stereocenters. The van der Waals surface area contributed by atoms with E-state index < -0.39 is 0 Å². The summed E-state index contributed by atoms with van der Waals surface area (Å²) < 4.78 is 23.0. The molecule has 0 heterocycles. The topological polar surface area (TPSA) is 36.9 Å². The lowest BCUT2D eigenvalue weighted by atomic mass is 10.1. The molecule has 0 bridgehead atoms. The molecule has 0 spiro atoms. The van der Waals surface area contributed by atoms with E-state index in [1.54, 1.807) is 0 Å². The zero-order valence-electron chi connectivity index (χ0n) is 20.9. The predicted octanol–water partition coefficient (Wildman–Crippen LogP) is 7.89.